The first-order valence-corrected chi connectivity index (χ1v) is 7.39. The van der Waals surface area contributed by atoms with Gasteiger partial charge in [0.1, 0.15) is 0 Å². The van der Waals surface area contributed by atoms with Gasteiger partial charge in [0, 0.05) is 18.6 Å². The Kier molecular flexibility index (Phi) is 5.63. The zero-order valence-corrected chi connectivity index (χ0v) is 13.1. The van der Waals surface area contributed by atoms with Crippen molar-refractivity contribution in [2.24, 2.45) is 17.1 Å². The molecule has 0 bridgehead atoms. The Labute approximate surface area is 113 Å². The van der Waals surface area contributed by atoms with Crippen LogP contribution in [-0.2, 0) is 0 Å². The lowest BCUT2D eigenvalue weighted by Crippen LogP contribution is -2.45. The van der Waals surface area contributed by atoms with Crippen LogP contribution in [0.25, 0.3) is 0 Å². The molecule has 18 heavy (non-hydrogen) atoms. The predicted molar refractivity (Wildman–Crippen MR) is 79.8 cm³/mol. The lowest BCUT2D eigenvalue weighted by Gasteiger charge is -2.40. The number of hydrogen-bond acceptors (Lipinski definition) is 3. The molecule has 0 aromatic rings. The van der Waals surface area contributed by atoms with Gasteiger partial charge in [0.2, 0.25) is 0 Å². The monoisotopic (exact) mass is 255 g/mol. The number of piperidine rings is 1. The molecule has 1 rings (SSSR count). The van der Waals surface area contributed by atoms with Crippen molar-refractivity contribution < 1.29 is 0 Å². The van der Waals surface area contributed by atoms with Crippen LogP contribution < -0.4 is 11.1 Å². The van der Waals surface area contributed by atoms with Crippen LogP contribution in [0, 0.1) is 11.3 Å². The van der Waals surface area contributed by atoms with Crippen LogP contribution in [0.2, 0.25) is 0 Å². The summed E-state index contributed by atoms with van der Waals surface area (Å²) in [6.07, 6.45) is 3.76. The van der Waals surface area contributed by atoms with Gasteiger partial charge in [-0.25, -0.2) is 0 Å². The van der Waals surface area contributed by atoms with Crippen molar-refractivity contribution in [3.63, 3.8) is 0 Å². The number of likely N-dealkylation sites (tertiary alicyclic amines) is 1. The van der Waals surface area contributed by atoms with Crippen molar-refractivity contribution in [1.29, 1.82) is 0 Å². The second-order valence-electron chi connectivity index (χ2n) is 7.51. The van der Waals surface area contributed by atoms with Crippen LogP contribution in [0.15, 0.2) is 0 Å². The molecule has 1 heterocycles. The minimum absolute atomic E-state index is 0.0534. The van der Waals surface area contributed by atoms with Crippen molar-refractivity contribution in [3.8, 4) is 0 Å². The van der Waals surface area contributed by atoms with Crippen molar-refractivity contribution >= 4 is 0 Å². The summed E-state index contributed by atoms with van der Waals surface area (Å²) >= 11 is 0. The molecule has 1 fully saturated rings. The van der Waals surface area contributed by atoms with Crippen LogP contribution in [0.3, 0.4) is 0 Å². The molecular formula is C15H33N3. The van der Waals surface area contributed by atoms with Crippen LogP contribution >= 0.6 is 0 Å². The van der Waals surface area contributed by atoms with Crippen LogP contribution in [-0.4, -0.2) is 43.7 Å². The van der Waals surface area contributed by atoms with Gasteiger partial charge in [0.25, 0.3) is 0 Å². The van der Waals surface area contributed by atoms with Gasteiger partial charge in [-0.15, -0.1) is 0 Å². The fourth-order valence-electron chi connectivity index (χ4n) is 2.77. The Balaban J connectivity index is 2.30. The van der Waals surface area contributed by atoms with Crippen LogP contribution in [0.1, 0.15) is 47.0 Å². The van der Waals surface area contributed by atoms with Crippen LogP contribution in [0.4, 0.5) is 0 Å². The van der Waals surface area contributed by atoms with E-state index >= 15 is 0 Å². The predicted octanol–water partition coefficient (Wildman–Crippen LogP) is 2.07. The van der Waals surface area contributed by atoms with Crippen molar-refractivity contribution in [2.75, 3.05) is 33.2 Å². The molecule has 1 aliphatic rings. The van der Waals surface area contributed by atoms with Gasteiger partial charge in [-0.05, 0) is 64.6 Å². The maximum atomic E-state index is 6.00. The van der Waals surface area contributed by atoms with Crippen molar-refractivity contribution in [3.05, 3.63) is 0 Å². The first-order chi connectivity index (χ1) is 8.21. The van der Waals surface area contributed by atoms with E-state index in [0.29, 0.717) is 5.41 Å². The Morgan fingerprint density at radius 2 is 1.94 bits per heavy atom. The molecule has 0 amide bonds. The third kappa shape index (κ3) is 5.68. The number of hydrogen-bond donors (Lipinski definition) is 2. The first-order valence-electron chi connectivity index (χ1n) is 7.39. The molecular weight excluding hydrogens is 222 g/mol. The van der Waals surface area contributed by atoms with Crippen molar-refractivity contribution in [1.82, 2.24) is 10.2 Å². The maximum absolute atomic E-state index is 6.00. The third-order valence-electron chi connectivity index (χ3n) is 4.26. The second-order valence-corrected chi connectivity index (χ2v) is 7.51. The van der Waals surface area contributed by atoms with E-state index in [0.717, 1.165) is 25.4 Å². The second kappa shape index (κ2) is 6.36. The fraction of sp³-hybridized carbons (Fsp3) is 1.00. The van der Waals surface area contributed by atoms with E-state index in [-0.39, 0.29) is 5.54 Å². The van der Waals surface area contributed by atoms with Gasteiger partial charge >= 0.3 is 0 Å². The third-order valence-corrected chi connectivity index (χ3v) is 4.26. The molecule has 3 N–H and O–H groups in total. The SMILES string of the molecule is CN1CCCC(C(C)(C)CNCCC(C)(C)N)C1. The topological polar surface area (TPSA) is 41.3 Å². The molecule has 3 nitrogen and oxygen atoms in total. The molecule has 0 spiro atoms. The summed E-state index contributed by atoms with van der Waals surface area (Å²) in [4.78, 5) is 2.47. The van der Waals surface area contributed by atoms with Gasteiger partial charge in [-0.1, -0.05) is 13.8 Å². The van der Waals surface area contributed by atoms with E-state index in [1.54, 1.807) is 0 Å². The minimum atomic E-state index is -0.0534. The number of rotatable bonds is 6. The molecule has 108 valence electrons. The number of nitrogens with zero attached hydrogens (tertiary/aromatic N) is 1. The standard InChI is InChI=1S/C15H33N3/c1-14(2,12-17-9-8-15(3,4)16)13-7-6-10-18(5)11-13/h13,17H,6-12,16H2,1-5H3. The van der Waals surface area contributed by atoms with Gasteiger partial charge < -0.3 is 16.0 Å². The lowest BCUT2D eigenvalue weighted by atomic mass is 9.74. The highest BCUT2D eigenvalue weighted by atomic mass is 15.1. The summed E-state index contributed by atoms with van der Waals surface area (Å²) in [6, 6.07) is 0. The quantitative estimate of drug-likeness (QED) is 0.714. The molecule has 0 saturated carbocycles. The molecule has 1 atom stereocenters. The normalized spacial score (nSPS) is 23.3. The zero-order valence-electron chi connectivity index (χ0n) is 13.1. The largest absolute Gasteiger partial charge is 0.326 e. The van der Waals surface area contributed by atoms with Crippen molar-refractivity contribution in [2.45, 2.75) is 52.5 Å². The maximum Gasteiger partial charge on any atom is 0.0109 e. The van der Waals surface area contributed by atoms with Gasteiger partial charge in [-0.2, -0.15) is 0 Å². The van der Waals surface area contributed by atoms with Crippen LogP contribution in [0.5, 0.6) is 0 Å². The Hall–Kier alpha value is -0.120. The zero-order chi connectivity index (χ0) is 13.8. The Bertz CT molecular complexity index is 243. The summed E-state index contributed by atoms with van der Waals surface area (Å²) in [5.74, 6) is 0.814. The molecule has 1 aliphatic heterocycles. The molecule has 0 radical (unpaired) electrons. The molecule has 0 aromatic carbocycles. The average molecular weight is 255 g/mol. The highest BCUT2D eigenvalue weighted by Gasteiger charge is 2.31. The van der Waals surface area contributed by atoms with E-state index in [1.165, 1.54) is 25.9 Å². The summed E-state index contributed by atoms with van der Waals surface area (Å²) in [7, 11) is 2.24. The van der Waals surface area contributed by atoms with E-state index in [9.17, 15) is 0 Å². The van der Waals surface area contributed by atoms with E-state index in [1.807, 2.05) is 0 Å². The van der Waals surface area contributed by atoms with E-state index in [4.69, 9.17) is 5.73 Å². The van der Waals surface area contributed by atoms with Gasteiger partial charge in [0.15, 0.2) is 0 Å². The molecule has 1 saturated heterocycles. The van der Waals surface area contributed by atoms with E-state index in [2.05, 4.69) is 45.0 Å². The summed E-state index contributed by atoms with van der Waals surface area (Å²) < 4.78 is 0. The summed E-state index contributed by atoms with van der Waals surface area (Å²) in [6.45, 7) is 13.6. The fourth-order valence-corrected chi connectivity index (χ4v) is 2.77. The first kappa shape index (κ1) is 15.9. The van der Waals surface area contributed by atoms with Gasteiger partial charge in [-0.3, -0.25) is 0 Å². The number of nitrogens with two attached hydrogens (primary N) is 1. The average Bonchev–Trinajstić information content (AvgIpc) is 2.23. The Morgan fingerprint density at radius 1 is 1.28 bits per heavy atom. The summed E-state index contributed by atoms with van der Waals surface area (Å²) in [5.41, 5.74) is 6.33. The molecule has 0 aromatic heterocycles. The summed E-state index contributed by atoms with van der Waals surface area (Å²) in [5, 5.41) is 3.60. The molecule has 1 unspecified atom stereocenters. The highest BCUT2D eigenvalue weighted by molar-refractivity contribution is 4.85. The van der Waals surface area contributed by atoms with E-state index < -0.39 is 0 Å². The number of nitrogens with one attached hydrogen (secondary N) is 1. The minimum Gasteiger partial charge on any atom is -0.326 e. The lowest BCUT2D eigenvalue weighted by molar-refractivity contribution is 0.102. The highest BCUT2D eigenvalue weighted by Crippen LogP contribution is 2.32. The molecule has 0 aliphatic carbocycles. The Morgan fingerprint density at radius 3 is 2.50 bits per heavy atom. The molecule has 3 heteroatoms. The smallest absolute Gasteiger partial charge is 0.0109 e. The van der Waals surface area contributed by atoms with Gasteiger partial charge in [0.05, 0.1) is 0 Å².